The molecule has 0 saturated carbocycles. The summed E-state index contributed by atoms with van der Waals surface area (Å²) in [7, 11) is 1.76. The molecular formula is C23H24N4O4. The normalized spacial score (nSPS) is 17.5. The monoisotopic (exact) mass is 420 g/mol. The standard InChI is InChI=1S/C23H24N4O4/c1-26(22(29)11-15-5-6-21-19(10-15)25-23(30)31-21)20(14-27-8-7-18(28)13-27)17-4-2-3-16(9-17)12-24/h2-6,9-10,18,20,28H,7-8,11,13-14H2,1H3,(H,25,30)/t18-,20+/m0/s1. The largest absolute Gasteiger partial charge is 0.417 e. The number of carbonyl (C=O) groups is 1. The second-order valence-corrected chi connectivity index (χ2v) is 7.98. The highest BCUT2D eigenvalue weighted by Crippen LogP contribution is 2.25. The zero-order valence-electron chi connectivity index (χ0n) is 17.2. The first-order valence-electron chi connectivity index (χ1n) is 10.2. The van der Waals surface area contributed by atoms with Gasteiger partial charge in [0.1, 0.15) is 0 Å². The summed E-state index contributed by atoms with van der Waals surface area (Å²) < 4.78 is 5.02. The number of oxazole rings is 1. The summed E-state index contributed by atoms with van der Waals surface area (Å²) in [5.74, 6) is -0.613. The molecule has 0 aliphatic carbocycles. The van der Waals surface area contributed by atoms with E-state index in [9.17, 15) is 20.0 Å². The van der Waals surface area contributed by atoms with Gasteiger partial charge in [0.15, 0.2) is 5.58 Å². The molecule has 0 radical (unpaired) electrons. The van der Waals surface area contributed by atoms with E-state index in [1.165, 1.54) is 0 Å². The first-order chi connectivity index (χ1) is 14.9. The summed E-state index contributed by atoms with van der Waals surface area (Å²) in [6, 6.07) is 14.4. The molecule has 160 valence electrons. The van der Waals surface area contributed by atoms with Crippen LogP contribution in [0.1, 0.15) is 29.2 Å². The quantitative estimate of drug-likeness (QED) is 0.629. The maximum atomic E-state index is 13.2. The smallest absolute Gasteiger partial charge is 0.408 e. The number of hydrogen-bond donors (Lipinski definition) is 2. The third-order valence-electron chi connectivity index (χ3n) is 5.78. The molecule has 2 atom stereocenters. The SMILES string of the molecule is CN(C(=O)Cc1ccc2oc(=O)[nH]c2c1)[C@H](CN1CC[C@H](O)C1)c1cccc(C#N)c1. The minimum atomic E-state index is -0.527. The van der Waals surface area contributed by atoms with Crippen LogP contribution in [0.2, 0.25) is 0 Å². The molecule has 1 amide bonds. The molecule has 1 aliphatic heterocycles. The second kappa shape index (κ2) is 8.76. The van der Waals surface area contributed by atoms with Crippen LogP contribution in [0.25, 0.3) is 11.1 Å². The number of aliphatic hydroxyl groups excluding tert-OH is 1. The highest BCUT2D eigenvalue weighted by molar-refractivity contribution is 5.81. The molecule has 2 N–H and O–H groups in total. The van der Waals surface area contributed by atoms with Crippen LogP contribution in [0.4, 0.5) is 0 Å². The lowest BCUT2D eigenvalue weighted by atomic mass is 10.0. The van der Waals surface area contributed by atoms with Crippen LogP contribution in [0, 0.1) is 11.3 Å². The Morgan fingerprint density at radius 1 is 1.39 bits per heavy atom. The number of nitrogens with zero attached hydrogens (tertiary/aromatic N) is 3. The van der Waals surface area contributed by atoms with Gasteiger partial charge in [0.2, 0.25) is 5.91 Å². The van der Waals surface area contributed by atoms with E-state index >= 15 is 0 Å². The molecule has 8 nitrogen and oxygen atoms in total. The van der Waals surface area contributed by atoms with Crippen molar-refractivity contribution < 1.29 is 14.3 Å². The van der Waals surface area contributed by atoms with E-state index in [-0.39, 0.29) is 24.5 Å². The summed E-state index contributed by atoms with van der Waals surface area (Å²) in [6.07, 6.45) is 0.526. The number of aromatic nitrogens is 1. The van der Waals surface area contributed by atoms with Gasteiger partial charge in [-0.3, -0.25) is 14.7 Å². The molecule has 3 aromatic rings. The third kappa shape index (κ3) is 4.68. The summed E-state index contributed by atoms with van der Waals surface area (Å²) in [4.78, 5) is 31.0. The molecule has 4 rings (SSSR count). The van der Waals surface area contributed by atoms with Gasteiger partial charge in [-0.1, -0.05) is 18.2 Å². The molecule has 0 spiro atoms. The molecule has 2 aromatic carbocycles. The number of β-amino-alcohol motifs (C(OH)–C–C–N with tert-alkyl or cyclic N) is 1. The predicted molar refractivity (Wildman–Crippen MR) is 114 cm³/mol. The minimum absolute atomic E-state index is 0.0858. The van der Waals surface area contributed by atoms with Gasteiger partial charge in [0.05, 0.1) is 35.7 Å². The molecule has 0 unspecified atom stereocenters. The van der Waals surface area contributed by atoms with Crippen molar-refractivity contribution in [3.8, 4) is 6.07 Å². The Balaban J connectivity index is 1.56. The van der Waals surface area contributed by atoms with Gasteiger partial charge < -0.3 is 14.4 Å². The molecule has 1 aliphatic rings. The van der Waals surface area contributed by atoms with E-state index in [4.69, 9.17) is 4.42 Å². The fourth-order valence-electron chi connectivity index (χ4n) is 4.07. The Morgan fingerprint density at radius 2 is 2.23 bits per heavy atom. The molecule has 2 heterocycles. The van der Waals surface area contributed by atoms with Crippen LogP contribution in [0.5, 0.6) is 0 Å². The summed E-state index contributed by atoms with van der Waals surface area (Å²) in [5, 5.41) is 19.2. The number of nitrogens with one attached hydrogen (secondary N) is 1. The molecule has 1 fully saturated rings. The second-order valence-electron chi connectivity index (χ2n) is 7.98. The fraction of sp³-hybridized carbons (Fsp3) is 0.348. The van der Waals surface area contributed by atoms with Crippen LogP contribution in [0.3, 0.4) is 0 Å². The maximum Gasteiger partial charge on any atom is 0.417 e. The van der Waals surface area contributed by atoms with Gasteiger partial charge in [-0.25, -0.2) is 4.79 Å². The number of benzene rings is 2. The number of rotatable bonds is 6. The predicted octanol–water partition coefficient (Wildman–Crippen LogP) is 1.80. The van der Waals surface area contributed by atoms with Gasteiger partial charge in [0.25, 0.3) is 0 Å². The van der Waals surface area contributed by atoms with Crippen molar-refractivity contribution in [2.24, 2.45) is 0 Å². The Kier molecular flexibility index (Phi) is 5.89. The number of aromatic amines is 1. The highest BCUT2D eigenvalue weighted by Gasteiger charge is 2.28. The van der Waals surface area contributed by atoms with Crippen molar-refractivity contribution >= 4 is 17.0 Å². The van der Waals surface area contributed by atoms with E-state index in [2.05, 4.69) is 16.0 Å². The molecule has 1 aromatic heterocycles. The lowest BCUT2D eigenvalue weighted by molar-refractivity contribution is -0.131. The van der Waals surface area contributed by atoms with Crippen LogP contribution >= 0.6 is 0 Å². The zero-order valence-corrected chi connectivity index (χ0v) is 17.2. The number of hydrogen-bond acceptors (Lipinski definition) is 6. The van der Waals surface area contributed by atoms with Crippen molar-refractivity contribution in [1.82, 2.24) is 14.8 Å². The Labute approximate surface area is 179 Å². The Bertz CT molecular complexity index is 1190. The van der Waals surface area contributed by atoms with Gasteiger partial charge >= 0.3 is 5.76 Å². The number of carbonyl (C=O) groups excluding carboxylic acids is 1. The van der Waals surface area contributed by atoms with Gasteiger partial charge in [0, 0.05) is 26.7 Å². The van der Waals surface area contributed by atoms with Crippen LogP contribution in [-0.4, -0.2) is 58.6 Å². The third-order valence-corrected chi connectivity index (χ3v) is 5.78. The van der Waals surface area contributed by atoms with Crippen molar-refractivity contribution in [3.63, 3.8) is 0 Å². The molecular weight excluding hydrogens is 396 g/mol. The first-order valence-corrected chi connectivity index (χ1v) is 10.2. The molecule has 8 heteroatoms. The number of H-pyrrole nitrogens is 1. The topological polar surface area (TPSA) is 114 Å². The summed E-state index contributed by atoms with van der Waals surface area (Å²) >= 11 is 0. The van der Waals surface area contributed by atoms with Crippen LogP contribution < -0.4 is 5.76 Å². The van der Waals surface area contributed by atoms with E-state index in [1.807, 2.05) is 18.2 Å². The number of fused-ring (bicyclic) bond motifs is 1. The van der Waals surface area contributed by atoms with E-state index in [0.717, 1.165) is 17.7 Å². The Hall–Kier alpha value is -3.41. The fourth-order valence-corrected chi connectivity index (χ4v) is 4.07. The lowest BCUT2D eigenvalue weighted by Crippen LogP contribution is -2.39. The number of likely N-dealkylation sites (tertiary alicyclic amines) is 1. The first kappa shape index (κ1) is 20.8. The van der Waals surface area contributed by atoms with E-state index in [1.54, 1.807) is 36.2 Å². The molecule has 1 saturated heterocycles. The van der Waals surface area contributed by atoms with Crippen molar-refractivity contribution in [3.05, 3.63) is 69.7 Å². The molecule has 31 heavy (non-hydrogen) atoms. The summed E-state index contributed by atoms with van der Waals surface area (Å²) in [5.41, 5.74) is 3.20. The number of amides is 1. The van der Waals surface area contributed by atoms with Crippen LogP contribution in [-0.2, 0) is 11.2 Å². The average Bonchev–Trinajstić information content (AvgIpc) is 3.35. The highest BCUT2D eigenvalue weighted by atomic mass is 16.4. The van der Waals surface area contributed by atoms with Crippen molar-refractivity contribution in [2.45, 2.75) is 25.0 Å². The van der Waals surface area contributed by atoms with Gasteiger partial charge in [-0.05, 0) is 41.8 Å². The van der Waals surface area contributed by atoms with Gasteiger partial charge in [-0.15, -0.1) is 0 Å². The van der Waals surface area contributed by atoms with Crippen LogP contribution in [0.15, 0.2) is 51.7 Å². The number of aliphatic hydroxyl groups is 1. The van der Waals surface area contributed by atoms with Crippen molar-refractivity contribution in [2.75, 3.05) is 26.7 Å². The minimum Gasteiger partial charge on any atom is -0.408 e. The van der Waals surface area contributed by atoms with E-state index < -0.39 is 5.76 Å². The Morgan fingerprint density at radius 3 is 2.97 bits per heavy atom. The molecule has 0 bridgehead atoms. The number of nitriles is 1. The lowest BCUT2D eigenvalue weighted by Gasteiger charge is -2.32. The average molecular weight is 420 g/mol. The van der Waals surface area contributed by atoms with Gasteiger partial charge in [-0.2, -0.15) is 5.26 Å². The van der Waals surface area contributed by atoms with Crippen molar-refractivity contribution in [1.29, 1.82) is 5.26 Å². The zero-order chi connectivity index (χ0) is 22.0. The maximum absolute atomic E-state index is 13.2. The summed E-state index contributed by atoms with van der Waals surface area (Å²) in [6.45, 7) is 1.91. The van der Waals surface area contributed by atoms with E-state index in [0.29, 0.717) is 36.2 Å². The number of likely N-dealkylation sites (N-methyl/N-ethyl adjacent to an activating group) is 1.